The van der Waals surface area contributed by atoms with Gasteiger partial charge in [-0.15, -0.1) is 0 Å². The van der Waals surface area contributed by atoms with Crippen LogP contribution in [0.3, 0.4) is 0 Å². The topological polar surface area (TPSA) is 46.3 Å². The normalized spacial score (nSPS) is 12.7. The van der Waals surface area contributed by atoms with Crippen molar-refractivity contribution in [3.63, 3.8) is 0 Å². The van der Waals surface area contributed by atoms with Crippen LogP contribution in [0.5, 0.6) is 0 Å². The average molecular weight is 267 g/mol. The summed E-state index contributed by atoms with van der Waals surface area (Å²) in [6.07, 6.45) is -0.870. The molecule has 0 saturated carbocycles. The van der Waals surface area contributed by atoms with Gasteiger partial charge in [0.1, 0.15) is 11.6 Å². The molecule has 0 aliphatic heterocycles. The molecule has 0 amide bonds. The summed E-state index contributed by atoms with van der Waals surface area (Å²) in [6, 6.07) is 4.68. The highest BCUT2D eigenvalue weighted by molar-refractivity contribution is 7.99. The summed E-state index contributed by atoms with van der Waals surface area (Å²) in [5.74, 6) is 0.322. The Bertz CT molecular complexity index is 547. The molecule has 1 N–H and O–H groups in total. The van der Waals surface area contributed by atoms with E-state index in [1.54, 1.807) is 12.1 Å². The van der Waals surface area contributed by atoms with Gasteiger partial charge in [0, 0.05) is 10.5 Å². The van der Waals surface area contributed by atoms with E-state index in [4.69, 9.17) is 4.42 Å². The van der Waals surface area contributed by atoms with E-state index in [-0.39, 0.29) is 5.56 Å². The maximum Gasteiger partial charge on any atom is 0.261 e. The molecule has 3 nitrogen and oxygen atoms in total. The van der Waals surface area contributed by atoms with Crippen LogP contribution in [-0.2, 0) is 0 Å². The number of halogens is 1. The molecule has 2 aromatic rings. The van der Waals surface area contributed by atoms with Crippen LogP contribution < -0.4 is 0 Å². The van der Waals surface area contributed by atoms with E-state index in [2.05, 4.69) is 4.98 Å². The molecule has 96 valence electrons. The minimum atomic E-state index is -0.870. The zero-order valence-corrected chi connectivity index (χ0v) is 11.2. The van der Waals surface area contributed by atoms with Gasteiger partial charge in [0.05, 0.1) is 11.8 Å². The number of hydrogen-bond donors (Lipinski definition) is 1. The van der Waals surface area contributed by atoms with Crippen molar-refractivity contribution in [1.82, 2.24) is 4.98 Å². The van der Waals surface area contributed by atoms with Crippen molar-refractivity contribution in [3.8, 4) is 0 Å². The van der Waals surface area contributed by atoms with E-state index in [9.17, 15) is 9.50 Å². The van der Waals surface area contributed by atoms with Gasteiger partial charge in [-0.2, -0.15) is 0 Å². The maximum atomic E-state index is 13.7. The zero-order chi connectivity index (χ0) is 13.3. The average Bonchev–Trinajstić information content (AvgIpc) is 2.57. The van der Waals surface area contributed by atoms with Crippen LogP contribution in [0.25, 0.3) is 0 Å². The van der Waals surface area contributed by atoms with E-state index >= 15 is 0 Å². The first-order valence-electron chi connectivity index (χ1n) is 5.57. The lowest BCUT2D eigenvalue weighted by atomic mass is 10.1. The van der Waals surface area contributed by atoms with Gasteiger partial charge in [-0.1, -0.05) is 6.07 Å². The molecule has 1 aromatic heterocycles. The van der Waals surface area contributed by atoms with E-state index in [0.29, 0.717) is 10.1 Å². The minimum absolute atomic E-state index is 0.274. The summed E-state index contributed by atoms with van der Waals surface area (Å²) in [7, 11) is 0. The highest BCUT2D eigenvalue weighted by Crippen LogP contribution is 2.34. The number of benzene rings is 1. The van der Waals surface area contributed by atoms with Crippen LogP contribution >= 0.6 is 11.8 Å². The maximum absolute atomic E-state index is 13.7. The highest BCUT2D eigenvalue weighted by atomic mass is 32.2. The number of aromatic nitrogens is 1. The Kier molecular flexibility index (Phi) is 3.73. The number of nitrogens with zero attached hydrogens (tertiary/aromatic N) is 1. The lowest BCUT2D eigenvalue weighted by molar-refractivity contribution is 0.191. The van der Waals surface area contributed by atoms with Gasteiger partial charge in [-0.3, -0.25) is 0 Å². The minimum Gasteiger partial charge on any atom is -0.436 e. The number of aliphatic hydroxyl groups excluding tert-OH is 1. The fourth-order valence-corrected chi connectivity index (χ4v) is 2.65. The first-order valence-corrected chi connectivity index (χ1v) is 6.39. The Hall–Kier alpha value is -1.33. The number of aryl methyl sites for hydroxylation is 2. The molecule has 5 heteroatoms. The largest absolute Gasteiger partial charge is 0.436 e. The molecule has 0 unspecified atom stereocenters. The van der Waals surface area contributed by atoms with Crippen LogP contribution in [-0.4, -0.2) is 10.1 Å². The molecule has 1 atom stereocenters. The third-order valence-electron chi connectivity index (χ3n) is 2.64. The fraction of sp³-hybridized carbons (Fsp3) is 0.308. The van der Waals surface area contributed by atoms with Crippen molar-refractivity contribution >= 4 is 11.8 Å². The van der Waals surface area contributed by atoms with Crippen LogP contribution in [0.2, 0.25) is 0 Å². The Morgan fingerprint density at radius 3 is 2.67 bits per heavy atom. The number of hydrogen-bond acceptors (Lipinski definition) is 4. The van der Waals surface area contributed by atoms with Crippen molar-refractivity contribution in [2.75, 3.05) is 0 Å². The first-order chi connectivity index (χ1) is 8.49. The molecule has 1 heterocycles. The second kappa shape index (κ2) is 5.12. The predicted molar refractivity (Wildman–Crippen MR) is 67.1 cm³/mol. The second-order valence-corrected chi connectivity index (χ2v) is 5.04. The Morgan fingerprint density at radius 1 is 1.39 bits per heavy atom. The number of rotatable bonds is 3. The van der Waals surface area contributed by atoms with Crippen molar-refractivity contribution in [2.24, 2.45) is 0 Å². The summed E-state index contributed by atoms with van der Waals surface area (Å²) in [5.41, 5.74) is 1.09. The lowest BCUT2D eigenvalue weighted by Gasteiger charge is -2.10. The van der Waals surface area contributed by atoms with Gasteiger partial charge in [-0.05, 0) is 44.7 Å². The van der Waals surface area contributed by atoms with E-state index < -0.39 is 11.9 Å². The molecule has 0 aliphatic carbocycles. The van der Waals surface area contributed by atoms with Crippen LogP contribution in [0.1, 0.15) is 30.0 Å². The van der Waals surface area contributed by atoms with E-state index in [1.807, 2.05) is 13.8 Å². The summed E-state index contributed by atoms with van der Waals surface area (Å²) in [5, 5.41) is 10.1. The van der Waals surface area contributed by atoms with Crippen molar-refractivity contribution in [1.29, 1.82) is 0 Å². The predicted octanol–water partition coefficient (Wildman–Crippen LogP) is 3.64. The van der Waals surface area contributed by atoms with Crippen molar-refractivity contribution in [3.05, 3.63) is 41.0 Å². The molecule has 0 bridgehead atoms. The molecular weight excluding hydrogens is 253 g/mol. The van der Waals surface area contributed by atoms with Gasteiger partial charge < -0.3 is 9.52 Å². The molecule has 0 radical (unpaired) electrons. The van der Waals surface area contributed by atoms with E-state index in [1.165, 1.54) is 24.8 Å². The summed E-state index contributed by atoms with van der Waals surface area (Å²) >= 11 is 1.21. The molecule has 0 aliphatic rings. The van der Waals surface area contributed by atoms with Gasteiger partial charge in [-0.25, -0.2) is 9.37 Å². The lowest BCUT2D eigenvalue weighted by Crippen LogP contribution is -1.98. The molecule has 0 spiro atoms. The third-order valence-corrected chi connectivity index (χ3v) is 3.56. The van der Waals surface area contributed by atoms with Gasteiger partial charge >= 0.3 is 0 Å². The molecule has 18 heavy (non-hydrogen) atoms. The highest BCUT2D eigenvalue weighted by Gasteiger charge is 2.16. The Morgan fingerprint density at radius 2 is 2.11 bits per heavy atom. The standard InChI is InChI=1S/C13H14FNO2S/c1-7-9(3)17-13(15-7)18-11-6-4-5-10(14)12(11)8(2)16/h4-6,8,16H,1-3H3/t8-/m0/s1. The van der Waals surface area contributed by atoms with Gasteiger partial charge in [0.15, 0.2) is 0 Å². The van der Waals surface area contributed by atoms with E-state index in [0.717, 1.165) is 11.5 Å². The monoisotopic (exact) mass is 267 g/mol. The molecule has 0 fully saturated rings. The number of oxazole rings is 1. The summed E-state index contributed by atoms with van der Waals surface area (Å²) in [4.78, 5) is 4.84. The van der Waals surface area contributed by atoms with Crippen molar-refractivity contribution < 1.29 is 13.9 Å². The smallest absolute Gasteiger partial charge is 0.261 e. The number of aliphatic hydroxyl groups is 1. The summed E-state index contributed by atoms with van der Waals surface area (Å²) < 4.78 is 19.1. The molecule has 2 rings (SSSR count). The molecular formula is C13H14FNO2S. The SMILES string of the molecule is Cc1nc(Sc2cccc(F)c2[C@H](C)O)oc1C. The third kappa shape index (κ3) is 2.57. The second-order valence-electron chi connectivity index (χ2n) is 4.05. The van der Waals surface area contributed by atoms with Crippen LogP contribution in [0, 0.1) is 19.7 Å². The first kappa shape index (κ1) is 13.1. The Balaban J connectivity index is 2.37. The molecule has 0 saturated heterocycles. The fourth-order valence-electron chi connectivity index (χ4n) is 1.59. The van der Waals surface area contributed by atoms with Crippen LogP contribution in [0.15, 0.2) is 32.7 Å². The van der Waals surface area contributed by atoms with Gasteiger partial charge in [0.2, 0.25) is 0 Å². The quantitative estimate of drug-likeness (QED) is 0.922. The zero-order valence-electron chi connectivity index (χ0n) is 10.4. The summed E-state index contributed by atoms with van der Waals surface area (Å²) in [6.45, 7) is 5.21. The van der Waals surface area contributed by atoms with Gasteiger partial charge in [0.25, 0.3) is 5.22 Å². The van der Waals surface area contributed by atoms with Crippen molar-refractivity contribution in [2.45, 2.75) is 37.0 Å². The molecule has 1 aromatic carbocycles. The Labute approximate surface area is 109 Å². The van der Waals surface area contributed by atoms with Crippen LogP contribution in [0.4, 0.5) is 4.39 Å².